The maximum atomic E-state index is 10.7. The molecule has 7 heteroatoms. The fourth-order valence-corrected chi connectivity index (χ4v) is 2.03. The average Bonchev–Trinajstić information content (AvgIpc) is 2.81. The summed E-state index contributed by atoms with van der Waals surface area (Å²) in [5.74, 6) is 0. The van der Waals surface area contributed by atoms with Gasteiger partial charge in [-0.15, -0.1) is 0 Å². The van der Waals surface area contributed by atoms with Crippen LogP contribution < -0.4 is 5.32 Å². The summed E-state index contributed by atoms with van der Waals surface area (Å²) in [6, 6.07) is 6.61. The second-order valence-corrected chi connectivity index (χ2v) is 4.58. The number of nitro groups is 1. The molecule has 0 radical (unpaired) electrons. The van der Waals surface area contributed by atoms with Gasteiger partial charge < -0.3 is 9.84 Å². The fourth-order valence-electron chi connectivity index (χ4n) is 1.50. The van der Waals surface area contributed by atoms with Gasteiger partial charge in [0.25, 0.3) is 5.69 Å². The van der Waals surface area contributed by atoms with E-state index in [2.05, 4.69) is 26.4 Å². The molecule has 1 aromatic heterocycles. The molecule has 0 amide bonds. The SMILES string of the molecule is O=[N+]([O-])c1cc(Br)cc(CNCc2ccon2)c1. The Hall–Kier alpha value is -1.73. The summed E-state index contributed by atoms with van der Waals surface area (Å²) in [6.45, 7) is 1.07. The molecule has 0 atom stereocenters. The zero-order valence-electron chi connectivity index (χ0n) is 9.30. The summed E-state index contributed by atoms with van der Waals surface area (Å²) in [4.78, 5) is 10.3. The molecule has 94 valence electrons. The van der Waals surface area contributed by atoms with Gasteiger partial charge in [-0.05, 0) is 11.6 Å². The lowest BCUT2D eigenvalue weighted by Crippen LogP contribution is -2.13. The van der Waals surface area contributed by atoms with Crippen LogP contribution in [0.3, 0.4) is 0 Å². The fraction of sp³-hybridized carbons (Fsp3) is 0.182. The van der Waals surface area contributed by atoms with E-state index in [1.807, 2.05) is 6.07 Å². The van der Waals surface area contributed by atoms with Crippen molar-refractivity contribution in [3.05, 3.63) is 56.4 Å². The molecule has 0 saturated heterocycles. The van der Waals surface area contributed by atoms with Crippen molar-refractivity contribution in [2.75, 3.05) is 0 Å². The van der Waals surface area contributed by atoms with Gasteiger partial charge in [-0.2, -0.15) is 0 Å². The molecule has 0 fully saturated rings. The number of nitro benzene ring substituents is 1. The summed E-state index contributed by atoms with van der Waals surface area (Å²) in [6.07, 6.45) is 1.50. The lowest BCUT2D eigenvalue weighted by Gasteiger charge is -2.03. The smallest absolute Gasteiger partial charge is 0.270 e. The highest BCUT2D eigenvalue weighted by Crippen LogP contribution is 2.21. The average molecular weight is 312 g/mol. The molecule has 2 rings (SSSR count). The third-order valence-electron chi connectivity index (χ3n) is 2.28. The second-order valence-electron chi connectivity index (χ2n) is 3.67. The van der Waals surface area contributed by atoms with Crippen molar-refractivity contribution in [2.45, 2.75) is 13.1 Å². The number of benzene rings is 1. The Bertz CT molecular complexity index is 542. The number of halogens is 1. The van der Waals surface area contributed by atoms with E-state index in [-0.39, 0.29) is 5.69 Å². The van der Waals surface area contributed by atoms with Crippen molar-refractivity contribution < 1.29 is 9.45 Å². The molecule has 18 heavy (non-hydrogen) atoms. The van der Waals surface area contributed by atoms with Crippen LogP contribution in [0.5, 0.6) is 0 Å². The number of non-ortho nitro benzene ring substituents is 1. The zero-order valence-corrected chi connectivity index (χ0v) is 10.9. The molecule has 6 nitrogen and oxygen atoms in total. The Balaban J connectivity index is 1.98. The summed E-state index contributed by atoms with van der Waals surface area (Å²) in [5.41, 5.74) is 1.70. The van der Waals surface area contributed by atoms with Crippen LogP contribution in [0.2, 0.25) is 0 Å². The minimum Gasteiger partial charge on any atom is -0.364 e. The topological polar surface area (TPSA) is 81.2 Å². The van der Waals surface area contributed by atoms with Gasteiger partial charge in [0, 0.05) is 35.8 Å². The Kier molecular flexibility index (Phi) is 4.06. The summed E-state index contributed by atoms with van der Waals surface area (Å²) >= 11 is 3.25. The first-order chi connectivity index (χ1) is 8.65. The molecule has 1 N–H and O–H groups in total. The molecule has 0 spiro atoms. The van der Waals surface area contributed by atoms with Crippen LogP contribution in [0.25, 0.3) is 0 Å². The monoisotopic (exact) mass is 311 g/mol. The predicted octanol–water partition coefficient (Wildman–Crippen LogP) is 2.64. The molecule has 0 saturated carbocycles. The Morgan fingerprint density at radius 1 is 1.39 bits per heavy atom. The van der Waals surface area contributed by atoms with Crippen LogP contribution in [0.1, 0.15) is 11.3 Å². The number of hydrogen-bond donors (Lipinski definition) is 1. The van der Waals surface area contributed by atoms with Crippen molar-refractivity contribution >= 4 is 21.6 Å². The van der Waals surface area contributed by atoms with Crippen LogP contribution in [0.4, 0.5) is 5.69 Å². The molecular formula is C11H10BrN3O3. The van der Waals surface area contributed by atoms with E-state index >= 15 is 0 Å². The highest BCUT2D eigenvalue weighted by Gasteiger charge is 2.08. The van der Waals surface area contributed by atoms with Gasteiger partial charge in [0.05, 0.1) is 10.6 Å². The molecule has 0 aliphatic carbocycles. The highest BCUT2D eigenvalue weighted by molar-refractivity contribution is 9.10. The largest absolute Gasteiger partial charge is 0.364 e. The molecule has 0 unspecified atom stereocenters. The maximum Gasteiger partial charge on any atom is 0.270 e. The first kappa shape index (κ1) is 12.7. The number of rotatable bonds is 5. The Labute approximate surface area is 111 Å². The highest BCUT2D eigenvalue weighted by atomic mass is 79.9. The van der Waals surface area contributed by atoms with E-state index in [0.29, 0.717) is 17.6 Å². The number of nitrogens with one attached hydrogen (secondary N) is 1. The Morgan fingerprint density at radius 3 is 2.89 bits per heavy atom. The quantitative estimate of drug-likeness (QED) is 0.678. The van der Waals surface area contributed by atoms with Gasteiger partial charge >= 0.3 is 0 Å². The van der Waals surface area contributed by atoms with E-state index in [1.165, 1.54) is 12.3 Å². The summed E-state index contributed by atoms with van der Waals surface area (Å²) in [5, 5.41) is 17.6. The minimum atomic E-state index is -0.411. The van der Waals surface area contributed by atoms with Gasteiger partial charge in [0.1, 0.15) is 6.26 Å². The normalized spacial score (nSPS) is 10.5. The number of nitrogens with zero attached hydrogens (tertiary/aromatic N) is 2. The molecule has 1 aromatic carbocycles. The van der Waals surface area contributed by atoms with Gasteiger partial charge in [-0.25, -0.2) is 0 Å². The van der Waals surface area contributed by atoms with Crippen LogP contribution in [-0.2, 0) is 13.1 Å². The van der Waals surface area contributed by atoms with E-state index in [9.17, 15) is 10.1 Å². The van der Waals surface area contributed by atoms with Crippen molar-refractivity contribution in [1.29, 1.82) is 0 Å². The lowest BCUT2D eigenvalue weighted by atomic mass is 10.2. The number of hydrogen-bond acceptors (Lipinski definition) is 5. The van der Waals surface area contributed by atoms with E-state index in [0.717, 1.165) is 11.3 Å². The van der Waals surface area contributed by atoms with Crippen molar-refractivity contribution in [2.24, 2.45) is 0 Å². The van der Waals surface area contributed by atoms with Crippen molar-refractivity contribution in [3.8, 4) is 0 Å². The van der Waals surface area contributed by atoms with E-state index in [4.69, 9.17) is 4.52 Å². The molecule has 0 aliphatic rings. The zero-order chi connectivity index (χ0) is 13.0. The first-order valence-electron chi connectivity index (χ1n) is 5.19. The summed E-state index contributed by atoms with van der Waals surface area (Å²) < 4.78 is 5.39. The summed E-state index contributed by atoms with van der Waals surface area (Å²) in [7, 11) is 0. The van der Waals surface area contributed by atoms with Gasteiger partial charge in [0.15, 0.2) is 0 Å². The lowest BCUT2D eigenvalue weighted by molar-refractivity contribution is -0.385. The van der Waals surface area contributed by atoms with Gasteiger partial charge in [-0.3, -0.25) is 10.1 Å². The second kappa shape index (κ2) is 5.74. The van der Waals surface area contributed by atoms with E-state index in [1.54, 1.807) is 12.1 Å². The maximum absolute atomic E-state index is 10.7. The van der Waals surface area contributed by atoms with Crippen molar-refractivity contribution in [1.82, 2.24) is 10.5 Å². The third-order valence-corrected chi connectivity index (χ3v) is 2.74. The first-order valence-corrected chi connectivity index (χ1v) is 5.98. The van der Waals surface area contributed by atoms with Crippen LogP contribution in [-0.4, -0.2) is 10.1 Å². The third kappa shape index (κ3) is 3.38. The van der Waals surface area contributed by atoms with Gasteiger partial charge in [0.2, 0.25) is 0 Å². The Morgan fingerprint density at radius 2 is 2.22 bits per heavy atom. The molecule has 1 heterocycles. The van der Waals surface area contributed by atoms with Crippen molar-refractivity contribution in [3.63, 3.8) is 0 Å². The molecule has 2 aromatic rings. The van der Waals surface area contributed by atoms with Gasteiger partial charge in [-0.1, -0.05) is 21.1 Å². The molecule has 0 aliphatic heterocycles. The number of aromatic nitrogens is 1. The molecule has 0 bridgehead atoms. The predicted molar refractivity (Wildman–Crippen MR) is 67.8 cm³/mol. The van der Waals surface area contributed by atoms with Crippen LogP contribution in [0.15, 0.2) is 39.5 Å². The minimum absolute atomic E-state index is 0.0719. The molecular weight excluding hydrogens is 302 g/mol. The van der Waals surface area contributed by atoms with E-state index < -0.39 is 4.92 Å². The standard InChI is InChI=1S/C11H10BrN3O3/c12-9-3-8(4-11(5-9)15(16)17)6-13-7-10-1-2-18-14-10/h1-5,13H,6-7H2. The van der Waals surface area contributed by atoms with Crippen LogP contribution in [0, 0.1) is 10.1 Å². The van der Waals surface area contributed by atoms with Crippen LogP contribution >= 0.6 is 15.9 Å².